The van der Waals surface area contributed by atoms with Gasteiger partial charge in [0.15, 0.2) is 5.78 Å². The topological polar surface area (TPSA) is 63.6 Å². The van der Waals surface area contributed by atoms with Crippen LogP contribution in [0, 0.1) is 0 Å². The van der Waals surface area contributed by atoms with E-state index in [0.717, 1.165) is 19.3 Å². The first kappa shape index (κ1) is 12.8. The third-order valence-electron chi connectivity index (χ3n) is 1.56. The molecule has 0 aromatic heterocycles. The van der Waals surface area contributed by atoms with Crippen LogP contribution in [0.4, 0.5) is 0 Å². The molecule has 0 amide bonds. The molecule has 0 atom stereocenters. The molecule has 0 bridgehead atoms. The van der Waals surface area contributed by atoms with Crippen molar-refractivity contribution >= 4 is 11.8 Å². The van der Waals surface area contributed by atoms with Gasteiger partial charge in [-0.15, -0.1) is 6.58 Å². The summed E-state index contributed by atoms with van der Waals surface area (Å²) in [6.45, 7) is 3.98. The Hall–Kier alpha value is -1.16. The maximum Gasteiger partial charge on any atom is 0.310 e. The number of rotatable bonds is 9. The molecule has 0 saturated carbocycles. The number of unbranched alkanes of at least 4 members (excludes halogenated alkanes) is 2. The van der Waals surface area contributed by atoms with Crippen LogP contribution in [0.25, 0.3) is 0 Å². The lowest BCUT2D eigenvalue weighted by Crippen LogP contribution is -2.13. The van der Waals surface area contributed by atoms with Crippen molar-refractivity contribution in [3.8, 4) is 0 Å². The zero-order chi connectivity index (χ0) is 10.8. The van der Waals surface area contributed by atoms with Crippen LogP contribution < -0.4 is 0 Å². The first-order valence-electron chi connectivity index (χ1n) is 4.59. The zero-order valence-corrected chi connectivity index (χ0v) is 8.20. The van der Waals surface area contributed by atoms with E-state index in [1.165, 1.54) is 0 Å². The van der Waals surface area contributed by atoms with Crippen LogP contribution in [0.1, 0.15) is 25.7 Å². The molecule has 0 aliphatic carbocycles. The number of carboxylic acid groups (broad SMARTS) is 1. The second-order valence-electron chi connectivity index (χ2n) is 2.95. The summed E-state index contributed by atoms with van der Waals surface area (Å²) in [5.74, 6) is -1.49. The van der Waals surface area contributed by atoms with Gasteiger partial charge in [0.05, 0.1) is 0 Å². The molecule has 0 aromatic carbocycles. The molecule has 0 aromatic rings. The van der Waals surface area contributed by atoms with Crippen LogP contribution in [0.5, 0.6) is 0 Å². The summed E-state index contributed by atoms with van der Waals surface area (Å²) < 4.78 is 5.00. The molecule has 14 heavy (non-hydrogen) atoms. The highest BCUT2D eigenvalue weighted by Gasteiger charge is 2.06. The molecule has 0 radical (unpaired) electrons. The summed E-state index contributed by atoms with van der Waals surface area (Å²) in [6, 6.07) is 0. The van der Waals surface area contributed by atoms with Crippen molar-refractivity contribution in [1.29, 1.82) is 0 Å². The van der Waals surface area contributed by atoms with E-state index < -0.39 is 12.4 Å². The lowest BCUT2D eigenvalue weighted by molar-refractivity contribution is -0.141. The predicted octanol–water partition coefficient (Wildman–Crippen LogP) is 1.40. The molecular formula is C10H16O4. The molecule has 0 spiro atoms. The number of carboxylic acids is 1. The predicted molar refractivity (Wildman–Crippen MR) is 52.1 cm³/mol. The summed E-state index contributed by atoms with van der Waals surface area (Å²) in [5, 5.41) is 8.27. The smallest absolute Gasteiger partial charge is 0.310 e. The van der Waals surface area contributed by atoms with Crippen LogP contribution >= 0.6 is 0 Å². The van der Waals surface area contributed by atoms with Crippen molar-refractivity contribution in [2.24, 2.45) is 0 Å². The molecule has 80 valence electrons. The van der Waals surface area contributed by atoms with Gasteiger partial charge in [0.25, 0.3) is 0 Å². The Morgan fingerprint density at radius 3 is 2.64 bits per heavy atom. The summed E-state index contributed by atoms with van der Waals surface area (Å²) >= 11 is 0. The number of carbonyl (C=O) groups excluding carboxylic acids is 1. The number of hydrogen-bond acceptors (Lipinski definition) is 3. The molecular weight excluding hydrogens is 184 g/mol. The van der Waals surface area contributed by atoms with Crippen molar-refractivity contribution in [3.05, 3.63) is 12.7 Å². The molecule has 0 unspecified atom stereocenters. The maximum atomic E-state index is 10.8. The number of carbonyl (C=O) groups is 2. The van der Waals surface area contributed by atoms with Gasteiger partial charge in [0.2, 0.25) is 0 Å². The van der Waals surface area contributed by atoms with E-state index in [0.29, 0.717) is 6.61 Å². The van der Waals surface area contributed by atoms with Crippen molar-refractivity contribution in [1.82, 2.24) is 0 Å². The van der Waals surface area contributed by atoms with Crippen molar-refractivity contribution in [2.45, 2.75) is 25.7 Å². The van der Waals surface area contributed by atoms with Crippen molar-refractivity contribution in [2.75, 3.05) is 13.2 Å². The lowest BCUT2D eigenvalue weighted by Gasteiger charge is -2.01. The number of ether oxygens (including phenoxy) is 1. The first-order valence-corrected chi connectivity index (χ1v) is 4.59. The van der Waals surface area contributed by atoms with Crippen LogP contribution in [0.15, 0.2) is 12.7 Å². The first-order chi connectivity index (χ1) is 6.66. The van der Waals surface area contributed by atoms with Crippen LogP contribution in [-0.4, -0.2) is 30.1 Å². The Morgan fingerprint density at radius 1 is 1.36 bits per heavy atom. The van der Waals surface area contributed by atoms with Gasteiger partial charge in [-0.05, 0) is 19.3 Å². The van der Waals surface area contributed by atoms with E-state index in [9.17, 15) is 9.59 Å². The average Bonchev–Trinajstić information content (AvgIpc) is 2.10. The monoisotopic (exact) mass is 200 g/mol. The Bertz CT molecular complexity index is 198. The summed E-state index contributed by atoms with van der Waals surface area (Å²) in [5.41, 5.74) is 0. The fraction of sp³-hybridized carbons (Fsp3) is 0.600. The Morgan fingerprint density at radius 2 is 2.07 bits per heavy atom. The van der Waals surface area contributed by atoms with Gasteiger partial charge in [-0.1, -0.05) is 6.08 Å². The highest BCUT2D eigenvalue weighted by Crippen LogP contribution is 1.96. The molecule has 0 saturated heterocycles. The van der Waals surface area contributed by atoms with E-state index in [2.05, 4.69) is 6.58 Å². The minimum absolute atomic E-state index is 0.0968. The molecule has 0 rings (SSSR count). The highest BCUT2D eigenvalue weighted by molar-refractivity contribution is 5.95. The second-order valence-corrected chi connectivity index (χ2v) is 2.95. The highest BCUT2D eigenvalue weighted by atomic mass is 16.5. The zero-order valence-electron chi connectivity index (χ0n) is 8.20. The molecule has 0 aliphatic heterocycles. The lowest BCUT2D eigenvalue weighted by atomic mass is 10.2. The van der Waals surface area contributed by atoms with Crippen molar-refractivity contribution in [3.63, 3.8) is 0 Å². The molecule has 0 fully saturated rings. The van der Waals surface area contributed by atoms with Crippen LogP contribution in [0.2, 0.25) is 0 Å². The summed E-state index contributed by atoms with van der Waals surface area (Å²) in [7, 11) is 0. The number of allylic oxidation sites excluding steroid dienone is 1. The van der Waals surface area contributed by atoms with Crippen LogP contribution in [-0.2, 0) is 14.3 Å². The van der Waals surface area contributed by atoms with Gasteiger partial charge in [0, 0.05) is 6.61 Å². The number of ketones is 1. The van der Waals surface area contributed by atoms with E-state index in [1.54, 1.807) is 0 Å². The van der Waals surface area contributed by atoms with Crippen LogP contribution in [0.3, 0.4) is 0 Å². The molecule has 1 N–H and O–H groups in total. The SMILES string of the molecule is C=CCCCCOCC(=O)CC(=O)O. The largest absolute Gasteiger partial charge is 0.481 e. The van der Waals surface area contributed by atoms with Gasteiger partial charge in [-0.3, -0.25) is 9.59 Å². The quantitative estimate of drug-likeness (QED) is 0.347. The Labute approximate surface area is 83.6 Å². The minimum Gasteiger partial charge on any atom is -0.481 e. The number of hydrogen-bond donors (Lipinski definition) is 1. The maximum absolute atomic E-state index is 10.8. The van der Waals surface area contributed by atoms with Gasteiger partial charge in [-0.25, -0.2) is 0 Å². The van der Waals surface area contributed by atoms with E-state index >= 15 is 0 Å². The molecule has 0 aliphatic rings. The van der Waals surface area contributed by atoms with E-state index in [-0.39, 0.29) is 12.4 Å². The fourth-order valence-electron chi connectivity index (χ4n) is 0.899. The summed E-state index contributed by atoms with van der Waals surface area (Å²) in [6.07, 6.45) is 4.16. The third kappa shape index (κ3) is 8.93. The molecule has 0 heterocycles. The van der Waals surface area contributed by atoms with E-state index in [4.69, 9.17) is 9.84 Å². The second kappa shape index (κ2) is 8.44. The van der Waals surface area contributed by atoms with Crippen molar-refractivity contribution < 1.29 is 19.4 Å². The number of Topliss-reactive ketones (excluding diaryl/α,β-unsaturated/α-hetero) is 1. The summed E-state index contributed by atoms with van der Waals surface area (Å²) in [4.78, 5) is 20.9. The normalized spacial score (nSPS) is 9.71. The standard InChI is InChI=1S/C10H16O4/c1-2-3-4-5-6-14-8-9(11)7-10(12)13/h2H,1,3-8H2,(H,12,13). The molecule has 4 nitrogen and oxygen atoms in total. The van der Waals surface area contributed by atoms with Gasteiger partial charge in [0.1, 0.15) is 13.0 Å². The third-order valence-corrected chi connectivity index (χ3v) is 1.56. The Balaban J connectivity index is 3.23. The average molecular weight is 200 g/mol. The fourth-order valence-corrected chi connectivity index (χ4v) is 0.899. The minimum atomic E-state index is -1.11. The van der Waals surface area contributed by atoms with Gasteiger partial charge >= 0.3 is 5.97 Å². The van der Waals surface area contributed by atoms with E-state index in [1.807, 2.05) is 6.08 Å². The number of aliphatic carboxylic acids is 1. The van der Waals surface area contributed by atoms with Gasteiger partial charge < -0.3 is 9.84 Å². The van der Waals surface area contributed by atoms with Gasteiger partial charge in [-0.2, -0.15) is 0 Å². The Kier molecular flexibility index (Phi) is 7.74. The molecule has 4 heteroatoms.